The van der Waals surface area contributed by atoms with Crippen LogP contribution in [0, 0.1) is 5.92 Å². The molecule has 8 nitrogen and oxygen atoms in total. The monoisotopic (exact) mass is 526 g/mol. The van der Waals surface area contributed by atoms with Gasteiger partial charge in [0.05, 0.1) is 30.4 Å². The van der Waals surface area contributed by atoms with Crippen molar-refractivity contribution in [3.63, 3.8) is 0 Å². The molecule has 0 saturated carbocycles. The van der Waals surface area contributed by atoms with Gasteiger partial charge in [-0.25, -0.2) is 0 Å². The Morgan fingerprint density at radius 3 is 2.55 bits per heavy atom. The minimum Gasteiger partial charge on any atom is -0.490 e. The Balaban J connectivity index is 1.90. The van der Waals surface area contributed by atoms with Gasteiger partial charge in [-0.2, -0.15) is 0 Å². The number of carbonyl (C=O) groups excluding carboxylic acids is 1. The van der Waals surface area contributed by atoms with Crippen molar-refractivity contribution in [1.29, 1.82) is 0 Å². The first-order chi connectivity index (χ1) is 18.2. The third-order valence-electron chi connectivity index (χ3n) is 7.24. The summed E-state index contributed by atoms with van der Waals surface area (Å²) < 4.78 is 12.7. The van der Waals surface area contributed by atoms with Crippen LogP contribution in [0.25, 0.3) is 0 Å². The molecule has 0 radical (unpaired) electrons. The molecule has 0 fully saturated rings. The number of amides is 1. The maximum Gasteiger partial charge on any atom is 0.258 e. The maximum absolute atomic E-state index is 14.1. The number of pyridine rings is 1. The second kappa shape index (κ2) is 14.5. The third-order valence-corrected chi connectivity index (χ3v) is 7.24. The fourth-order valence-corrected chi connectivity index (χ4v) is 4.82. The van der Waals surface area contributed by atoms with Gasteiger partial charge in [0.15, 0.2) is 0 Å². The molecule has 1 amide bonds. The summed E-state index contributed by atoms with van der Waals surface area (Å²) >= 11 is 0. The molecule has 2 aromatic rings. The lowest BCUT2D eigenvalue weighted by molar-refractivity contribution is -0.0177. The van der Waals surface area contributed by atoms with Crippen LogP contribution >= 0.6 is 0 Å². The zero-order valence-corrected chi connectivity index (χ0v) is 24.0. The molecule has 4 atom stereocenters. The summed E-state index contributed by atoms with van der Waals surface area (Å²) in [6.45, 7) is 8.61. The van der Waals surface area contributed by atoms with Crippen LogP contribution in [0.3, 0.4) is 0 Å². The van der Waals surface area contributed by atoms with Gasteiger partial charge in [-0.15, -0.1) is 0 Å². The lowest BCUT2D eigenvalue weighted by Crippen LogP contribution is -2.47. The van der Waals surface area contributed by atoms with Crippen molar-refractivity contribution in [2.45, 2.75) is 64.8 Å². The van der Waals surface area contributed by atoms with E-state index in [1.807, 2.05) is 75.6 Å². The number of nitrogens with zero attached hydrogens (tertiary/aromatic N) is 4. The summed E-state index contributed by atoms with van der Waals surface area (Å²) in [7, 11) is 6.01. The summed E-state index contributed by atoms with van der Waals surface area (Å²) in [4.78, 5) is 24.2. The van der Waals surface area contributed by atoms with Gasteiger partial charge >= 0.3 is 0 Å². The molecule has 1 aromatic carbocycles. The highest BCUT2D eigenvalue weighted by Crippen LogP contribution is 2.29. The van der Waals surface area contributed by atoms with Gasteiger partial charge in [0.1, 0.15) is 5.75 Å². The molecule has 8 heteroatoms. The number of ether oxygens (including phenoxy) is 2. The van der Waals surface area contributed by atoms with E-state index in [1.165, 1.54) is 5.56 Å². The number of rotatable bonds is 7. The summed E-state index contributed by atoms with van der Waals surface area (Å²) in [5, 5.41) is 10.1. The van der Waals surface area contributed by atoms with E-state index in [9.17, 15) is 9.90 Å². The number of anilines is 1. The highest BCUT2D eigenvalue weighted by molar-refractivity contribution is 5.98. The zero-order chi connectivity index (χ0) is 27.7. The van der Waals surface area contributed by atoms with Gasteiger partial charge in [-0.1, -0.05) is 6.92 Å². The van der Waals surface area contributed by atoms with Crippen molar-refractivity contribution in [3.8, 4) is 5.75 Å². The number of hydrogen-bond donors (Lipinski definition) is 1. The molecular weight excluding hydrogens is 480 g/mol. The number of likely N-dealkylation sites (N-methyl/N-ethyl adjacent to an activating group) is 1. The average molecular weight is 527 g/mol. The molecule has 0 aliphatic carbocycles. The first-order valence-corrected chi connectivity index (χ1v) is 13.8. The Hall–Kier alpha value is -2.68. The van der Waals surface area contributed by atoms with Crippen molar-refractivity contribution in [1.82, 2.24) is 14.8 Å². The minimum absolute atomic E-state index is 0.0281. The predicted octanol–water partition coefficient (Wildman–Crippen LogP) is 4.08. The van der Waals surface area contributed by atoms with Crippen LogP contribution in [0.4, 0.5) is 5.69 Å². The fraction of sp³-hybridized carbons (Fsp3) is 0.600. The van der Waals surface area contributed by atoms with Gasteiger partial charge in [0.2, 0.25) is 0 Å². The molecule has 1 aromatic heterocycles. The highest BCUT2D eigenvalue weighted by atomic mass is 16.5. The van der Waals surface area contributed by atoms with Crippen LogP contribution < -0.4 is 9.64 Å². The van der Waals surface area contributed by atoms with Crippen molar-refractivity contribution >= 4 is 11.6 Å². The Morgan fingerprint density at radius 1 is 1.13 bits per heavy atom. The normalized spacial score (nSPS) is 22.4. The van der Waals surface area contributed by atoms with Gasteiger partial charge in [0.25, 0.3) is 5.91 Å². The molecule has 0 bridgehead atoms. The largest absolute Gasteiger partial charge is 0.490 e. The van der Waals surface area contributed by atoms with E-state index in [0.717, 1.165) is 38.0 Å². The fourth-order valence-electron chi connectivity index (χ4n) is 4.82. The lowest BCUT2D eigenvalue weighted by Gasteiger charge is -2.36. The minimum atomic E-state index is -0.346. The summed E-state index contributed by atoms with van der Waals surface area (Å²) in [5.41, 5.74) is 2.65. The van der Waals surface area contributed by atoms with Crippen LogP contribution in [-0.2, 0) is 11.3 Å². The Kier molecular flexibility index (Phi) is 11.4. The number of aliphatic hydroxyl groups excluding tert-OH is 1. The second-order valence-corrected chi connectivity index (χ2v) is 10.9. The summed E-state index contributed by atoms with van der Waals surface area (Å²) in [6.07, 6.45) is 6.36. The number of hydrogen-bond acceptors (Lipinski definition) is 7. The second-order valence-electron chi connectivity index (χ2n) is 10.9. The molecule has 3 rings (SSSR count). The number of carbonyl (C=O) groups is 1. The predicted molar refractivity (Wildman–Crippen MR) is 152 cm³/mol. The maximum atomic E-state index is 14.1. The molecule has 0 spiro atoms. The lowest BCUT2D eigenvalue weighted by atomic mass is 10.0. The number of fused-ring (bicyclic) bond motifs is 1. The molecule has 0 saturated heterocycles. The van der Waals surface area contributed by atoms with Crippen molar-refractivity contribution in [2.24, 2.45) is 5.92 Å². The van der Waals surface area contributed by atoms with Crippen LogP contribution in [0.5, 0.6) is 5.75 Å². The van der Waals surface area contributed by atoms with Gasteiger partial charge in [-0.3, -0.25) is 14.7 Å². The zero-order valence-electron chi connectivity index (χ0n) is 24.0. The van der Waals surface area contributed by atoms with Crippen molar-refractivity contribution in [2.75, 3.05) is 52.3 Å². The molecule has 1 aliphatic rings. The van der Waals surface area contributed by atoms with Crippen LogP contribution in [0.1, 0.15) is 56.0 Å². The van der Waals surface area contributed by atoms with Gasteiger partial charge in [-0.05, 0) is 76.1 Å². The highest BCUT2D eigenvalue weighted by Gasteiger charge is 2.30. The first kappa shape index (κ1) is 29.9. The molecule has 1 N–H and O–H groups in total. The van der Waals surface area contributed by atoms with E-state index in [-0.39, 0.29) is 36.7 Å². The number of aliphatic hydroxyl groups is 1. The number of aromatic nitrogens is 1. The Morgan fingerprint density at radius 2 is 1.87 bits per heavy atom. The van der Waals surface area contributed by atoms with E-state index in [0.29, 0.717) is 24.5 Å². The van der Waals surface area contributed by atoms with E-state index in [2.05, 4.69) is 23.9 Å². The first-order valence-electron chi connectivity index (χ1n) is 13.8. The van der Waals surface area contributed by atoms with E-state index >= 15 is 0 Å². The standard InChI is InChI=1S/C30H46N4O4/c1-22-18-34(23(2)21-35)30(36)27-17-26(32(4)5)10-11-28(27)38-24(3)9-7-8-16-37-29(22)20-33(6)19-25-12-14-31-15-13-25/h10-15,17,22-24,29,35H,7-9,16,18-21H2,1-6H3/t22-,23+,24-,29-/m1/s1. The smallest absolute Gasteiger partial charge is 0.258 e. The quantitative estimate of drug-likeness (QED) is 0.583. The topological polar surface area (TPSA) is 78.4 Å². The Labute approximate surface area is 228 Å². The molecule has 2 heterocycles. The SMILES string of the molecule is C[C@@H]1CCCCO[C@H](CN(C)Cc2ccncc2)[C@H](C)CN([C@@H](C)CO)C(=O)c2cc(N(C)C)ccc2O1. The van der Waals surface area contributed by atoms with E-state index < -0.39 is 0 Å². The molecule has 38 heavy (non-hydrogen) atoms. The third kappa shape index (κ3) is 8.41. The van der Waals surface area contributed by atoms with Crippen molar-refractivity contribution < 1.29 is 19.4 Å². The number of benzene rings is 1. The van der Waals surface area contributed by atoms with Crippen molar-refractivity contribution in [3.05, 3.63) is 53.9 Å². The average Bonchev–Trinajstić information content (AvgIpc) is 2.90. The van der Waals surface area contributed by atoms with Crippen LogP contribution in [0.15, 0.2) is 42.7 Å². The Bertz CT molecular complexity index is 1000. The summed E-state index contributed by atoms with van der Waals surface area (Å²) in [6, 6.07) is 9.49. The van der Waals surface area contributed by atoms with Crippen LogP contribution in [0.2, 0.25) is 0 Å². The van der Waals surface area contributed by atoms with Crippen LogP contribution in [-0.4, -0.2) is 91.5 Å². The summed E-state index contributed by atoms with van der Waals surface area (Å²) in [5.74, 6) is 0.513. The molecule has 210 valence electrons. The van der Waals surface area contributed by atoms with Gasteiger partial charge in [0, 0.05) is 64.3 Å². The molecule has 1 aliphatic heterocycles. The molecular formula is C30H46N4O4. The van der Waals surface area contributed by atoms with E-state index in [4.69, 9.17) is 9.47 Å². The molecule has 0 unspecified atom stereocenters. The van der Waals surface area contributed by atoms with Gasteiger partial charge < -0.3 is 24.4 Å². The van der Waals surface area contributed by atoms with E-state index in [1.54, 1.807) is 4.90 Å².